The summed E-state index contributed by atoms with van der Waals surface area (Å²) in [6, 6.07) is 3.03. The third kappa shape index (κ3) is 3.08. The molecule has 0 radical (unpaired) electrons. The summed E-state index contributed by atoms with van der Waals surface area (Å²) in [5, 5.41) is 22.5. The molecule has 0 aliphatic heterocycles. The Morgan fingerprint density at radius 2 is 1.77 bits per heavy atom. The maximum atomic E-state index is 14.1. The minimum atomic E-state index is -2.68. The topological polar surface area (TPSA) is 135 Å². The molecule has 0 heterocycles. The van der Waals surface area contributed by atoms with Crippen LogP contribution in [-0.4, -0.2) is 51.8 Å². The van der Waals surface area contributed by atoms with Gasteiger partial charge in [-0.25, -0.2) is 0 Å². The number of fused-ring (bicyclic) bond motifs is 3. The fourth-order valence-electron chi connectivity index (χ4n) is 7.49. The van der Waals surface area contributed by atoms with Gasteiger partial charge in [0.2, 0.25) is 0 Å². The molecule has 2 saturated carbocycles. The molecule has 2 fully saturated rings. The molecule has 2 N–H and O–H groups in total. The molecule has 1 aromatic rings. The predicted molar refractivity (Wildman–Crippen MR) is 124 cm³/mol. The van der Waals surface area contributed by atoms with Crippen LogP contribution in [0.4, 0.5) is 0 Å². The van der Waals surface area contributed by atoms with Crippen LogP contribution < -0.4 is 0 Å². The lowest BCUT2D eigenvalue weighted by molar-refractivity contribution is -0.205. The smallest absolute Gasteiger partial charge is 0.190 e. The van der Waals surface area contributed by atoms with Crippen molar-refractivity contribution in [1.29, 1.82) is 0 Å². The Balaban J connectivity index is 1.98. The monoisotopic (exact) mass is 484 g/mol. The molecular weight excluding hydrogens is 452 g/mol. The van der Waals surface area contributed by atoms with Crippen molar-refractivity contribution in [2.75, 3.05) is 7.11 Å². The van der Waals surface area contributed by atoms with E-state index < -0.39 is 63.1 Å². The van der Waals surface area contributed by atoms with Crippen molar-refractivity contribution in [1.82, 2.24) is 0 Å². The quantitative estimate of drug-likeness (QED) is 0.621. The Morgan fingerprint density at radius 3 is 2.31 bits per heavy atom. The number of ether oxygens (including phenoxy) is 1. The molecule has 35 heavy (non-hydrogen) atoms. The number of ketones is 5. The number of Topliss-reactive ketones (excluding diaryl/α,β-unsaturated/α-hetero) is 5. The first kappa shape index (κ1) is 25.4. The predicted octanol–water partition coefficient (Wildman–Crippen LogP) is 2.24. The van der Waals surface area contributed by atoms with Gasteiger partial charge >= 0.3 is 0 Å². The largest absolute Gasteiger partial charge is 0.507 e. The van der Waals surface area contributed by atoms with E-state index in [-0.39, 0.29) is 36.7 Å². The molecule has 188 valence electrons. The molecule has 3 aliphatic rings. The summed E-state index contributed by atoms with van der Waals surface area (Å²) in [6.45, 7) is 8.12. The molecule has 1 aromatic carbocycles. The second kappa shape index (κ2) is 7.90. The second-order valence-corrected chi connectivity index (χ2v) is 11.4. The van der Waals surface area contributed by atoms with Crippen LogP contribution in [0, 0.1) is 34.5 Å². The molecule has 0 saturated heterocycles. The van der Waals surface area contributed by atoms with Gasteiger partial charge in [0.05, 0.1) is 18.1 Å². The van der Waals surface area contributed by atoms with E-state index in [1.807, 2.05) is 0 Å². The minimum Gasteiger partial charge on any atom is -0.507 e. The molecule has 8 nitrogen and oxygen atoms in total. The first-order valence-electron chi connectivity index (χ1n) is 11.9. The van der Waals surface area contributed by atoms with Crippen LogP contribution in [0.5, 0.6) is 5.75 Å². The van der Waals surface area contributed by atoms with E-state index in [9.17, 15) is 34.2 Å². The van der Waals surface area contributed by atoms with E-state index in [0.717, 1.165) is 6.92 Å². The zero-order chi connectivity index (χ0) is 26.2. The van der Waals surface area contributed by atoms with Gasteiger partial charge in [0.15, 0.2) is 28.7 Å². The van der Waals surface area contributed by atoms with Gasteiger partial charge in [-0.1, -0.05) is 33.8 Å². The van der Waals surface area contributed by atoms with Gasteiger partial charge in [-0.2, -0.15) is 0 Å². The van der Waals surface area contributed by atoms with E-state index in [1.54, 1.807) is 33.8 Å². The fraction of sp³-hybridized carbons (Fsp3) is 0.593. The SMILES string of the molecule is COCc1ccc(O)c2c1C[C@]1(C)C[C@]3(C)C(C(C)C)C(=O)C(C(C)=O)C(=O)[C@]3(O)C(=O)C1C2=O. The van der Waals surface area contributed by atoms with E-state index in [0.29, 0.717) is 11.1 Å². The molecule has 3 unspecified atom stereocenters. The summed E-state index contributed by atoms with van der Waals surface area (Å²) in [4.78, 5) is 67.3. The minimum absolute atomic E-state index is 0.00885. The standard InChI is InChI=1S/C27H32O8/c1-12(2)19-21(30)17(13(3)28)23(32)27(34)24(33)20-22(31)18-15(9-25(20,4)11-26(19,27)5)14(10-35-6)7-8-16(18)29/h7-8,12,17,19-20,29,34H,9-11H2,1-6H3/t17?,19?,20?,25-,26-,27+/m1/s1. The third-order valence-electron chi connectivity index (χ3n) is 8.66. The number of rotatable bonds is 4. The summed E-state index contributed by atoms with van der Waals surface area (Å²) < 4.78 is 5.27. The normalized spacial score (nSPS) is 36.6. The van der Waals surface area contributed by atoms with Crippen molar-refractivity contribution in [2.45, 2.75) is 59.7 Å². The zero-order valence-electron chi connectivity index (χ0n) is 20.9. The Labute approximate surface area is 204 Å². The van der Waals surface area contributed by atoms with Crippen LogP contribution >= 0.6 is 0 Å². The number of phenols is 1. The summed E-state index contributed by atoms with van der Waals surface area (Å²) in [5.74, 6) is -8.88. The van der Waals surface area contributed by atoms with Crippen LogP contribution in [0.2, 0.25) is 0 Å². The Bertz CT molecular complexity index is 1180. The average molecular weight is 485 g/mol. The number of hydrogen-bond donors (Lipinski definition) is 2. The van der Waals surface area contributed by atoms with Crippen molar-refractivity contribution in [3.05, 3.63) is 28.8 Å². The summed E-state index contributed by atoms with van der Waals surface area (Å²) in [7, 11) is 1.51. The third-order valence-corrected chi connectivity index (χ3v) is 8.66. The molecule has 4 rings (SSSR count). The molecule has 0 bridgehead atoms. The van der Waals surface area contributed by atoms with E-state index in [1.165, 1.54) is 13.2 Å². The number of carbonyl (C=O) groups is 5. The Kier molecular flexibility index (Phi) is 5.73. The van der Waals surface area contributed by atoms with Crippen LogP contribution in [0.1, 0.15) is 62.5 Å². The Hall–Kier alpha value is -2.71. The highest BCUT2D eigenvalue weighted by molar-refractivity contribution is 6.32. The Morgan fingerprint density at radius 1 is 1.14 bits per heavy atom. The number of aromatic hydroxyl groups is 1. The lowest BCUT2D eigenvalue weighted by atomic mass is 9.40. The molecule has 0 spiro atoms. The summed E-state index contributed by atoms with van der Waals surface area (Å²) in [5.41, 5.74) is -3.98. The van der Waals surface area contributed by atoms with Gasteiger partial charge in [0, 0.05) is 18.4 Å². The van der Waals surface area contributed by atoms with Gasteiger partial charge in [0.25, 0.3) is 0 Å². The lowest BCUT2D eigenvalue weighted by Crippen LogP contribution is -2.76. The number of aliphatic hydroxyl groups is 1. The lowest BCUT2D eigenvalue weighted by Gasteiger charge is -2.61. The van der Waals surface area contributed by atoms with Gasteiger partial charge in [-0.15, -0.1) is 0 Å². The van der Waals surface area contributed by atoms with Gasteiger partial charge < -0.3 is 14.9 Å². The highest BCUT2D eigenvalue weighted by Gasteiger charge is 2.76. The van der Waals surface area contributed by atoms with Crippen LogP contribution in [0.25, 0.3) is 0 Å². The first-order valence-corrected chi connectivity index (χ1v) is 11.9. The molecule has 3 aliphatic carbocycles. The number of benzene rings is 1. The molecule has 8 heteroatoms. The fourth-order valence-corrected chi connectivity index (χ4v) is 7.49. The molecule has 6 atom stereocenters. The molecular formula is C27H32O8. The van der Waals surface area contributed by atoms with Crippen LogP contribution in [0.15, 0.2) is 12.1 Å². The van der Waals surface area contributed by atoms with Crippen molar-refractivity contribution in [2.24, 2.45) is 34.5 Å². The average Bonchev–Trinajstić information content (AvgIpc) is 2.72. The second-order valence-electron chi connectivity index (χ2n) is 11.4. The van der Waals surface area contributed by atoms with E-state index in [4.69, 9.17) is 4.74 Å². The number of carbonyl (C=O) groups excluding carboxylic acids is 5. The van der Waals surface area contributed by atoms with Crippen molar-refractivity contribution in [3.63, 3.8) is 0 Å². The van der Waals surface area contributed by atoms with Gasteiger partial charge in [-0.05, 0) is 48.3 Å². The maximum Gasteiger partial charge on any atom is 0.190 e. The molecule has 0 aromatic heterocycles. The number of phenolic OH excluding ortho intramolecular Hbond substituents is 1. The highest BCUT2D eigenvalue weighted by atomic mass is 16.5. The van der Waals surface area contributed by atoms with Crippen molar-refractivity contribution in [3.8, 4) is 5.75 Å². The first-order chi connectivity index (χ1) is 16.2. The zero-order valence-corrected chi connectivity index (χ0v) is 20.9. The van der Waals surface area contributed by atoms with Gasteiger partial charge in [-0.3, -0.25) is 24.0 Å². The van der Waals surface area contributed by atoms with Crippen LogP contribution in [0.3, 0.4) is 0 Å². The van der Waals surface area contributed by atoms with Gasteiger partial charge in [0.1, 0.15) is 17.5 Å². The van der Waals surface area contributed by atoms with Crippen molar-refractivity contribution >= 4 is 28.9 Å². The number of hydrogen-bond acceptors (Lipinski definition) is 8. The summed E-state index contributed by atoms with van der Waals surface area (Å²) in [6.07, 6.45) is 0.248. The van der Waals surface area contributed by atoms with E-state index in [2.05, 4.69) is 0 Å². The molecule has 0 amide bonds. The van der Waals surface area contributed by atoms with Crippen LogP contribution in [-0.2, 0) is 36.9 Å². The summed E-state index contributed by atoms with van der Waals surface area (Å²) >= 11 is 0. The maximum absolute atomic E-state index is 14.1. The number of methoxy groups -OCH3 is 1. The van der Waals surface area contributed by atoms with Crippen molar-refractivity contribution < 1.29 is 38.9 Å². The highest BCUT2D eigenvalue weighted by Crippen LogP contribution is 2.63. The van der Waals surface area contributed by atoms with E-state index >= 15 is 0 Å².